The van der Waals surface area contributed by atoms with E-state index in [0.717, 1.165) is 49.9 Å². The van der Waals surface area contributed by atoms with Crippen LogP contribution in [-0.2, 0) is 6.42 Å². The predicted molar refractivity (Wildman–Crippen MR) is 129 cm³/mol. The number of piperidine rings is 1. The number of Topliss-reactive ketones (excluding diaryl/α,β-unsaturated/α-hetero) is 1. The normalized spacial score (nSPS) is 17.1. The van der Waals surface area contributed by atoms with Crippen molar-refractivity contribution in [2.75, 3.05) is 18.0 Å². The zero-order valence-corrected chi connectivity index (χ0v) is 19.5. The summed E-state index contributed by atoms with van der Waals surface area (Å²) in [5, 5.41) is 0.781. The Kier molecular flexibility index (Phi) is 5.96. The molecule has 0 atom stereocenters. The summed E-state index contributed by atoms with van der Waals surface area (Å²) in [5.74, 6) is 0.440. The van der Waals surface area contributed by atoms with E-state index in [1.807, 2.05) is 19.2 Å². The number of aromatic nitrogens is 4. The van der Waals surface area contributed by atoms with Crippen molar-refractivity contribution >= 4 is 22.5 Å². The number of aryl methyl sites for hydroxylation is 1. The number of rotatable bonds is 5. The van der Waals surface area contributed by atoms with Crippen molar-refractivity contribution in [1.29, 1.82) is 0 Å². The van der Waals surface area contributed by atoms with E-state index in [4.69, 9.17) is 4.98 Å². The van der Waals surface area contributed by atoms with Crippen LogP contribution in [0.2, 0.25) is 0 Å². The van der Waals surface area contributed by atoms with Gasteiger partial charge in [0.15, 0.2) is 5.78 Å². The van der Waals surface area contributed by atoms with Crippen LogP contribution in [0.5, 0.6) is 0 Å². The highest BCUT2D eigenvalue weighted by Crippen LogP contribution is 2.31. The highest BCUT2D eigenvalue weighted by Gasteiger charge is 2.25. The maximum absolute atomic E-state index is 13.4. The maximum atomic E-state index is 13.4. The fraction of sp³-hybridized carbons (Fsp3) is 0.500. The molecule has 3 aromatic rings. The van der Waals surface area contributed by atoms with E-state index in [1.165, 1.54) is 31.9 Å². The molecule has 7 nitrogen and oxygen atoms in total. The SMILES string of the molecule is CC(=O)c1c(C)c2cnc(Cc3ccc(N4CCCCC4)cn3)nc2n(C2CCCC2)c1=O. The second-order valence-corrected chi connectivity index (χ2v) is 9.43. The Morgan fingerprint density at radius 2 is 1.79 bits per heavy atom. The zero-order valence-electron chi connectivity index (χ0n) is 19.5. The average molecular weight is 446 g/mol. The molecule has 0 aromatic carbocycles. The smallest absolute Gasteiger partial charge is 0.263 e. The predicted octanol–water partition coefficient (Wildman–Crippen LogP) is 4.39. The minimum atomic E-state index is -0.215. The molecule has 4 heterocycles. The number of carbonyl (C=O) groups is 1. The summed E-state index contributed by atoms with van der Waals surface area (Å²) in [5.41, 5.74) is 3.44. The Labute approximate surface area is 193 Å². The number of pyridine rings is 2. The minimum Gasteiger partial charge on any atom is -0.370 e. The van der Waals surface area contributed by atoms with Gasteiger partial charge in [0.1, 0.15) is 11.5 Å². The molecular weight excluding hydrogens is 414 g/mol. The zero-order chi connectivity index (χ0) is 22.9. The lowest BCUT2D eigenvalue weighted by atomic mass is 10.0. The molecule has 0 spiro atoms. The molecule has 0 unspecified atom stereocenters. The van der Waals surface area contributed by atoms with Gasteiger partial charge in [-0.2, -0.15) is 0 Å². The Hall–Kier alpha value is -3.09. The van der Waals surface area contributed by atoms with Crippen LogP contribution in [0, 0.1) is 6.92 Å². The van der Waals surface area contributed by atoms with Crippen LogP contribution in [-0.4, -0.2) is 38.4 Å². The third-order valence-electron chi connectivity index (χ3n) is 7.17. The summed E-state index contributed by atoms with van der Waals surface area (Å²) in [4.78, 5) is 42.1. The molecule has 1 saturated heterocycles. The summed E-state index contributed by atoms with van der Waals surface area (Å²) in [6, 6.07) is 4.27. The quantitative estimate of drug-likeness (QED) is 0.542. The van der Waals surface area contributed by atoms with Gasteiger partial charge >= 0.3 is 0 Å². The first-order chi connectivity index (χ1) is 16.0. The lowest BCUT2D eigenvalue weighted by molar-refractivity contribution is 0.101. The fourth-order valence-electron chi connectivity index (χ4n) is 5.39. The molecule has 7 heteroatoms. The molecule has 0 bridgehead atoms. The number of ketones is 1. The minimum absolute atomic E-state index is 0.0865. The highest BCUT2D eigenvalue weighted by molar-refractivity contribution is 5.99. The molecule has 172 valence electrons. The van der Waals surface area contributed by atoms with Crippen molar-refractivity contribution in [3.05, 3.63) is 57.5 Å². The van der Waals surface area contributed by atoms with Gasteiger partial charge in [-0.1, -0.05) is 12.8 Å². The second-order valence-electron chi connectivity index (χ2n) is 9.43. The molecule has 0 amide bonds. The van der Waals surface area contributed by atoms with Gasteiger partial charge in [0, 0.05) is 36.4 Å². The summed E-state index contributed by atoms with van der Waals surface area (Å²) in [6.45, 7) is 5.47. The lowest BCUT2D eigenvalue weighted by Crippen LogP contribution is -2.30. The van der Waals surface area contributed by atoms with Gasteiger partial charge in [-0.3, -0.25) is 19.1 Å². The molecule has 5 rings (SSSR count). The molecule has 3 aromatic heterocycles. The van der Waals surface area contributed by atoms with Gasteiger partial charge in [0.25, 0.3) is 5.56 Å². The third-order valence-corrected chi connectivity index (χ3v) is 7.17. The van der Waals surface area contributed by atoms with Crippen molar-refractivity contribution in [2.24, 2.45) is 0 Å². The molecule has 1 aliphatic carbocycles. The monoisotopic (exact) mass is 445 g/mol. The lowest BCUT2D eigenvalue weighted by Gasteiger charge is -2.28. The molecular formula is C26H31N5O2. The van der Waals surface area contributed by atoms with Crippen molar-refractivity contribution in [3.8, 4) is 0 Å². The van der Waals surface area contributed by atoms with E-state index >= 15 is 0 Å². The summed E-state index contributed by atoms with van der Waals surface area (Å²) >= 11 is 0. The molecule has 2 aliphatic rings. The van der Waals surface area contributed by atoms with Gasteiger partial charge < -0.3 is 4.90 Å². The van der Waals surface area contributed by atoms with Gasteiger partial charge in [0.05, 0.1) is 23.9 Å². The Morgan fingerprint density at radius 3 is 2.45 bits per heavy atom. The first kappa shape index (κ1) is 21.7. The van der Waals surface area contributed by atoms with Crippen molar-refractivity contribution in [2.45, 2.75) is 71.3 Å². The molecule has 1 saturated carbocycles. The van der Waals surface area contributed by atoms with Crippen LogP contribution in [0.15, 0.2) is 29.3 Å². The van der Waals surface area contributed by atoms with E-state index in [-0.39, 0.29) is 22.9 Å². The Balaban J connectivity index is 1.51. The standard InChI is InChI=1S/C26H31N5O2/c1-17-22-16-28-23(14-19-10-11-21(15-27-19)30-12-6-3-7-13-30)29-25(22)31(20-8-4-5-9-20)26(33)24(17)18(2)32/h10-11,15-16,20H,3-9,12-14H2,1-2H3. The largest absolute Gasteiger partial charge is 0.370 e. The molecule has 1 aliphatic heterocycles. The number of hydrogen-bond acceptors (Lipinski definition) is 6. The van der Waals surface area contributed by atoms with Crippen LogP contribution in [0.4, 0.5) is 5.69 Å². The van der Waals surface area contributed by atoms with E-state index in [1.54, 1.807) is 10.8 Å². The highest BCUT2D eigenvalue weighted by atomic mass is 16.1. The summed E-state index contributed by atoms with van der Waals surface area (Å²) < 4.78 is 1.77. The van der Waals surface area contributed by atoms with Crippen molar-refractivity contribution in [3.63, 3.8) is 0 Å². The number of carbonyl (C=O) groups excluding carboxylic acids is 1. The number of hydrogen-bond donors (Lipinski definition) is 0. The molecule has 0 radical (unpaired) electrons. The topological polar surface area (TPSA) is 81.0 Å². The van der Waals surface area contributed by atoms with Gasteiger partial charge in [-0.15, -0.1) is 0 Å². The van der Waals surface area contributed by atoms with E-state index < -0.39 is 0 Å². The first-order valence-corrected chi connectivity index (χ1v) is 12.1. The van der Waals surface area contributed by atoms with Gasteiger partial charge in [-0.05, 0) is 63.6 Å². The first-order valence-electron chi connectivity index (χ1n) is 12.1. The Morgan fingerprint density at radius 1 is 1.03 bits per heavy atom. The van der Waals surface area contributed by atoms with Gasteiger partial charge in [-0.25, -0.2) is 9.97 Å². The summed E-state index contributed by atoms with van der Waals surface area (Å²) in [7, 11) is 0. The number of fused-ring (bicyclic) bond motifs is 1. The van der Waals surface area contributed by atoms with Crippen LogP contribution in [0.1, 0.15) is 85.4 Å². The second kappa shape index (κ2) is 9.04. The van der Waals surface area contributed by atoms with Crippen LogP contribution in [0.25, 0.3) is 11.0 Å². The molecule has 2 fully saturated rings. The van der Waals surface area contributed by atoms with Crippen LogP contribution >= 0.6 is 0 Å². The average Bonchev–Trinajstić information content (AvgIpc) is 3.34. The van der Waals surface area contributed by atoms with Crippen molar-refractivity contribution < 1.29 is 4.79 Å². The van der Waals surface area contributed by atoms with E-state index in [0.29, 0.717) is 23.5 Å². The maximum Gasteiger partial charge on any atom is 0.263 e. The molecule has 0 N–H and O–H groups in total. The number of nitrogens with zero attached hydrogens (tertiary/aromatic N) is 5. The molecule has 33 heavy (non-hydrogen) atoms. The Bertz CT molecular complexity index is 1240. The van der Waals surface area contributed by atoms with Crippen LogP contribution < -0.4 is 10.5 Å². The van der Waals surface area contributed by atoms with Crippen LogP contribution in [0.3, 0.4) is 0 Å². The fourth-order valence-corrected chi connectivity index (χ4v) is 5.39. The number of anilines is 1. The third kappa shape index (κ3) is 4.16. The van der Waals surface area contributed by atoms with Gasteiger partial charge in [0.2, 0.25) is 0 Å². The van der Waals surface area contributed by atoms with Crippen molar-refractivity contribution in [1.82, 2.24) is 19.5 Å². The van der Waals surface area contributed by atoms with E-state index in [2.05, 4.69) is 20.9 Å². The van der Waals surface area contributed by atoms with E-state index in [9.17, 15) is 9.59 Å². The summed E-state index contributed by atoms with van der Waals surface area (Å²) in [6.07, 6.45) is 12.1.